The molecule has 1 aromatic carbocycles. The van der Waals surface area contributed by atoms with Crippen molar-refractivity contribution >= 4 is 5.91 Å². The number of hydrogen-bond donors (Lipinski definition) is 3. The van der Waals surface area contributed by atoms with Gasteiger partial charge >= 0.3 is 0 Å². The molecule has 2 aliphatic rings. The number of nitrogens with one attached hydrogen (secondary N) is 1. The molecule has 2 heterocycles. The molecule has 2 aliphatic heterocycles. The molecule has 126 valence electrons. The van der Waals surface area contributed by atoms with E-state index in [-0.39, 0.29) is 12.5 Å². The molecule has 3 N–H and O–H groups in total. The van der Waals surface area contributed by atoms with Crippen molar-refractivity contribution in [2.24, 2.45) is 0 Å². The largest absolute Gasteiger partial charge is 0.388 e. The normalized spacial score (nSPS) is 33.2. The van der Waals surface area contributed by atoms with Gasteiger partial charge in [0, 0.05) is 12.1 Å². The van der Waals surface area contributed by atoms with Crippen molar-refractivity contribution in [2.45, 2.75) is 50.3 Å². The second-order valence-corrected chi connectivity index (χ2v) is 6.20. The van der Waals surface area contributed by atoms with E-state index in [0.717, 1.165) is 0 Å². The highest BCUT2D eigenvalue weighted by Gasteiger charge is 2.55. The average Bonchev–Trinajstić information content (AvgIpc) is 2.99. The van der Waals surface area contributed by atoms with Gasteiger partial charge in [0.05, 0.1) is 0 Å². The van der Waals surface area contributed by atoms with Crippen LogP contribution in [0.1, 0.15) is 24.2 Å². The molecule has 2 saturated heterocycles. The first-order valence-corrected chi connectivity index (χ1v) is 7.58. The Morgan fingerprint density at radius 1 is 1.30 bits per heavy atom. The van der Waals surface area contributed by atoms with Gasteiger partial charge in [0.15, 0.2) is 12.1 Å². The Morgan fingerprint density at radius 3 is 2.65 bits per heavy atom. The molecule has 7 nitrogen and oxygen atoms in total. The molecule has 1 amide bonds. The highest BCUT2D eigenvalue weighted by atomic mass is 16.8. The Kier molecular flexibility index (Phi) is 4.39. The molecule has 2 fully saturated rings. The molecule has 0 radical (unpaired) electrons. The molecule has 0 aliphatic carbocycles. The lowest BCUT2D eigenvalue weighted by molar-refractivity contribution is -0.225. The van der Waals surface area contributed by atoms with E-state index in [1.54, 1.807) is 38.1 Å². The molecule has 3 rings (SSSR count). The van der Waals surface area contributed by atoms with Crippen LogP contribution in [-0.2, 0) is 14.2 Å². The minimum absolute atomic E-state index is 0.0434. The van der Waals surface area contributed by atoms with Crippen LogP contribution in [0.4, 0.5) is 0 Å². The summed E-state index contributed by atoms with van der Waals surface area (Å²) in [5.74, 6) is -1.13. The number of carbonyl (C=O) groups is 1. The second kappa shape index (κ2) is 6.18. The Labute approximate surface area is 134 Å². The summed E-state index contributed by atoms with van der Waals surface area (Å²) >= 11 is 0. The van der Waals surface area contributed by atoms with Crippen LogP contribution in [0.15, 0.2) is 30.3 Å². The zero-order valence-electron chi connectivity index (χ0n) is 13.0. The van der Waals surface area contributed by atoms with Crippen LogP contribution in [0.3, 0.4) is 0 Å². The van der Waals surface area contributed by atoms with Gasteiger partial charge in [0.2, 0.25) is 0 Å². The summed E-state index contributed by atoms with van der Waals surface area (Å²) in [4.78, 5) is 12.0. The third-order valence-corrected chi connectivity index (χ3v) is 3.94. The molecule has 0 spiro atoms. The molecule has 0 bridgehead atoms. The number of aliphatic hydroxyl groups excluding tert-OH is 2. The van der Waals surface area contributed by atoms with Crippen LogP contribution in [-0.4, -0.2) is 59.2 Å². The van der Waals surface area contributed by atoms with Gasteiger partial charge < -0.3 is 29.7 Å². The molecule has 1 aromatic rings. The SMILES string of the molecule is CC1(C)O[C@@H]2O[C@H]([C@@H](O)CNC(=O)c3ccccc3)[C@H](O)[C@@H]2O1. The van der Waals surface area contributed by atoms with E-state index in [1.165, 1.54) is 0 Å². The van der Waals surface area contributed by atoms with Gasteiger partial charge in [-0.05, 0) is 26.0 Å². The fourth-order valence-electron chi connectivity index (χ4n) is 2.84. The Balaban J connectivity index is 1.54. The van der Waals surface area contributed by atoms with Crippen LogP contribution in [0, 0.1) is 0 Å². The Morgan fingerprint density at radius 2 is 2.00 bits per heavy atom. The molecule has 0 saturated carbocycles. The number of aliphatic hydroxyl groups is 2. The highest BCUT2D eigenvalue weighted by Crippen LogP contribution is 2.38. The van der Waals surface area contributed by atoms with Crippen LogP contribution in [0.2, 0.25) is 0 Å². The average molecular weight is 323 g/mol. The number of hydrogen-bond acceptors (Lipinski definition) is 6. The number of amides is 1. The topological polar surface area (TPSA) is 97.2 Å². The summed E-state index contributed by atoms with van der Waals surface area (Å²) in [6, 6.07) is 8.68. The quantitative estimate of drug-likeness (QED) is 0.722. The molecular weight excluding hydrogens is 302 g/mol. The maximum Gasteiger partial charge on any atom is 0.251 e. The van der Waals surface area contributed by atoms with Gasteiger partial charge in [0.1, 0.15) is 24.4 Å². The standard InChI is InChI=1S/C16H21NO6/c1-16(2)22-13-11(19)12(21-15(13)23-16)10(18)8-17-14(20)9-6-4-3-5-7-9/h3-7,10-13,15,18-19H,8H2,1-2H3,(H,17,20)/t10-,11-,12+,13-,15-/m0/s1. The predicted octanol–water partition coefficient (Wildman–Crippen LogP) is 0.0146. The van der Waals surface area contributed by atoms with E-state index in [2.05, 4.69) is 5.32 Å². The van der Waals surface area contributed by atoms with Gasteiger partial charge in [-0.1, -0.05) is 18.2 Å². The van der Waals surface area contributed by atoms with Gasteiger partial charge in [-0.2, -0.15) is 0 Å². The van der Waals surface area contributed by atoms with Gasteiger partial charge in [0.25, 0.3) is 5.91 Å². The highest BCUT2D eigenvalue weighted by molar-refractivity contribution is 5.94. The van der Waals surface area contributed by atoms with Crippen LogP contribution in [0.25, 0.3) is 0 Å². The predicted molar refractivity (Wildman–Crippen MR) is 79.5 cm³/mol. The van der Waals surface area contributed by atoms with Gasteiger partial charge in [-0.25, -0.2) is 0 Å². The van der Waals surface area contributed by atoms with E-state index >= 15 is 0 Å². The van der Waals surface area contributed by atoms with E-state index in [9.17, 15) is 15.0 Å². The smallest absolute Gasteiger partial charge is 0.251 e. The molecular formula is C16H21NO6. The molecule has 5 atom stereocenters. The third kappa shape index (κ3) is 3.39. The first-order chi connectivity index (χ1) is 10.9. The summed E-state index contributed by atoms with van der Waals surface area (Å²) in [6.07, 6.45) is -4.33. The lowest BCUT2D eigenvalue weighted by Crippen LogP contribution is -2.46. The van der Waals surface area contributed by atoms with Crippen molar-refractivity contribution < 1.29 is 29.2 Å². The third-order valence-electron chi connectivity index (χ3n) is 3.94. The zero-order chi connectivity index (χ0) is 16.6. The number of fused-ring (bicyclic) bond motifs is 1. The Bertz CT molecular complexity index is 563. The van der Waals surface area contributed by atoms with Crippen molar-refractivity contribution in [3.05, 3.63) is 35.9 Å². The Hall–Kier alpha value is -1.51. The summed E-state index contributed by atoms with van der Waals surface area (Å²) in [5.41, 5.74) is 0.498. The van der Waals surface area contributed by atoms with Gasteiger partial charge in [-0.15, -0.1) is 0 Å². The van der Waals surface area contributed by atoms with E-state index < -0.39 is 36.5 Å². The minimum Gasteiger partial charge on any atom is -0.388 e. The molecule has 23 heavy (non-hydrogen) atoms. The maximum atomic E-state index is 12.0. The molecule has 0 unspecified atom stereocenters. The fourth-order valence-corrected chi connectivity index (χ4v) is 2.84. The number of benzene rings is 1. The van der Waals surface area contributed by atoms with Crippen molar-refractivity contribution in [3.63, 3.8) is 0 Å². The lowest BCUT2D eigenvalue weighted by Gasteiger charge is -2.26. The minimum atomic E-state index is -1.07. The monoisotopic (exact) mass is 323 g/mol. The van der Waals surface area contributed by atoms with Crippen LogP contribution in [0.5, 0.6) is 0 Å². The van der Waals surface area contributed by atoms with Crippen molar-refractivity contribution in [1.29, 1.82) is 0 Å². The fraction of sp³-hybridized carbons (Fsp3) is 0.562. The van der Waals surface area contributed by atoms with E-state index in [1.807, 2.05) is 6.07 Å². The zero-order valence-corrected chi connectivity index (χ0v) is 13.0. The van der Waals surface area contributed by atoms with Crippen LogP contribution < -0.4 is 5.32 Å². The van der Waals surface area contributed by atoms with Crippen molar-refractivity contribution in [1.82, 2.24) is 5.32 Å². The summed E-state index contributed by atoms with van der Waals surface area (Å²) in [6.45, 7) is 3.41. The number of rotatable bonds is 4. The summed E-state index contributed by atoms with van der Waals surface area (Å²) in [5, 5.41) is 23.0. The first-order valence-electron chi connectivity index (χ1n) is 7.58. The summed E-state index contributed by atoms with van der Waals surface area (Å²) < 4.78 is 16.6. The first kappa shape index (κ1) is 16.4. The van der Waals surface area contributed by atoms with E-state index in [4.69, 9.17) is 14.2 Å². The van der Waals surface area contributed by atoms with E-state index in [0.29, 0.717) is 5.56 Å². The molecule has 7 heteroatoms. The summed E-state index contributed by atoms with van der Waals surface area (Å²) in [7, 11) is 0. The maximum absolute atomic E-state index is 12.0. The number of ether oxygens (including phenoxy) is 3. The second-order valence-electron chi connectivity index (χ2n) is 6.20. The van der Waals surface area contributed by atoms with Crippen molar-refractivity contribution in [3.8, 4) is 0 Å². The van der Waals surface area contributed by atoms with Crippen molar-refractivity contribution in [2.75, 3.05) is 6.54 Å². The van der Waals surface area contributed by atoms with Crippen LogP contribution >= 0.6 is 0 Å². The van der Waals surface area contributed by atoms with Gasteiger partial charge in [-0.3, -0.25) is 4.79 Å². The molecule has 0 aromatic heterocycles. The lowest BCUT2D eigenvalue weighted by atomic mass is 10.1. The number of carbonyl (C=O) groups excluding carboxylic acids is 1.